The summed E-state index contributed by atoms with van der Waals surface area (Å²) in [6.07, 6.45) is -0.805. The average molecular weight is 325 g/mol. The number of aryl methyl sites for hydroxylation is 1. The van der Waals surface area contributed by atoms with E-state index in [9.17, 15) is 14.4 Å². The predicted molar refractivity (Wildman–Crippen MR) is 86.1 cm³/mol. The van der Waals surface area contributed by atoms with E-state index in [1.807, 2.05) is 33.8 Å². The second kappa shape index (κ2) is 7.54. The van der Waals surface area contributed by atoms with Crippen molar-refractivity contribution in [2.45, 2.75) is 59.1 Å². The van der Waals surface area contributed by atoms with Crippen LogP contribution in [0.4, 0.5) is 0 Å². The molecule has 0 aliphatic carbocycles. The summed E-state index contributed by atoms with van der Waals surface area (Å²) >= 11 is 1.41. The van der Waals surface area contributed by atoms with E-state index in [0.29, 0.717) is 4.88 Å². The highest BCUT2D eigenvalue weighted by Crippen LogP contribution is 2.17. The first-order valence-corrected chi connectivity index (χ1v) is 8.01. The Balaban J connectivity index is 2.40. The van der Waals surface area contributed by atoms with Crippen molar-refractivity contribution in [1.29, 1.82) is 0 Å². The monoisotopic (exact) mass is 325 g/mol. The second-order valence-corrected chi connectivity index (χ2v) is 7.49. The van der Waals surface area contributed by atoms with E-state index < -0.39 is 12.1 Å². The number of carbonyl (C=O) groups excluding carboxylic acids is 3. The maximum absolute atomic E-state index is 11.9. The Morgan fingerprint density at radius 3 is 2.36 bits per heavy atom. The molecule has 0 aromatic carbocycles. The van der Waals surface area contributed by atoms with Gasteiger partial charge in [0.2, 0.25) is 0 Å². The zero-order valence-electron chi connectivity index (χ0n) is 13.7. The summed E-state index contributed by atoms with van der Waals surface area (Å²) in [6.45, 7) is 8.98. The summed E-state index contributed by atoms with van der Waals surface area (Å²) in [5.74, 6) is -0.971. The number of thiophene rings is 1. The number of hydrogen-bond acceptors (Lipinski definition) is 5. The van der Waals surface area contributed by atoms with E-state index in [2.05, 4.69) is 5.32 Å². The van der Waals surface area contributed by atoms with Crippen LogP contribution in [0.15, 0.2) is 12.1 Å². The summed E-state index contributed by atoms with van der Waals surface area (Å²) < 4.78 is 5.05. The van der Waals surface area contributed by atoms with Gasteiger partial charge in [-0.2, -0.15) is 0 Å². The van der Waals surface area contributed by atoms with Crippen LogP contribution in [0, 0.1) is 6.92 Å². The standard InChI is InChI=1S/C16H23NO4S/c1-10-6-8-13(22-10)12(18)7-9-14(19)21-11(2)15(20)17-16(3,4)5/h6,8,11H,7,9H2,1-5H3,(H,17,20). The number of Topliss-reactive ketones (excluding diaryl/α,β-unsaturated/α-hetero) is 1. The maximum atomic E-state index is 11.9. The number of hydrogen-bond donors (Lipinski definition) is 1. The number of nitrogens with one attached hydrogen (secondary N) is 1. The van der Waals surface area contributed by atoms with Crippen molar-refractivity contribution in [3.05, 3.63) is 21.9 Å². The maximum Gasteiger partial charge on any atom is 0.307 e. The molecule has 0 fully saturated rings. The molecule has 0 saturated heterocycles. The normalized spacial score (nSPS) is 12.6. The summed E-state index contributed by atoms with van der Waals surface area (Å²) in [6, 6.07) is 3.63. The number of amides is 1. The molecule has 0 radical (unpaired) electrons. The Labute approximate surface area is 135 Å². The molecular formula is C16H23NO4S. The van der Waals surface area contributed by atoms with Gasteiger partial charge in [-0.15, -0.1) is 11.3 Å². The van der Waals surface area contributed by atoms with Crippen LogP contribution in [-0.2, 0) is 14.3 Å². The Morgan fingerprint density at radius 1 is 1.23 bits per heavy atom. The third kappa shape index (κ3) is 6.39. The third-order valence-corrected chi connectivity index (χ3v) is 3.79. The lowest BCUT2D eigenvalue weighted by Crippen LogP contribution is -2.46. The first-order chi connectivity index (χ1) is 10.1. The molecule has 1 N–H and O–H groups in total. The van der Waals surface area contributed by atoms with Crippen LogP contribution >= 0.6 is 11.3 Å². The van der Waals surface area contributed by atoms with E-state index in [1.165, 1.54) is 18.3 Å². The minimum Gasteiger partial charge on any atom is -0.453 e. The highest BCUT2D eigenvalue weighted by molar-refractivity contribution is 7.14. The molecule has 1 aromatic heterocycles. The SMILES string of the molecule is Cc1ccc(C(=O)CCC(=O)OC(C)C(=O)NC(C)(C)C)s1. The quantitative estimate of drug-likeness (QED) is 0.645. The van der Waals surface area contributed by atoms with Gasteiger partial charge >= 0.3 is 5.97 Å². The van der Waals surface area contributed by atoms with Gasteiger partial charge in [-0.3, -0.25) is 14.4 Å². The van der Waals surface area contributed by atoms with Gasteiger partial charge in [0.05, 0.1) is 11.3 Å². The average Bonchev–Trinajstić information content (AvgIpc) is 2.80. The highest BCUT2D eigenvalue weighted by atomic mass is 32.1. The minimum atomic E-state index is -0.870. The van der Waals surface area contributed by atoms with Crippen LogP contribution < -0.4 is 5.32 Å². The minimum absolute atomic E-state index is 0.0249. The molecule has 1 aromatic rings. The number of ether oxygens (including phenoxy) is 1. The lowest BCUT2D eigenvalue weighted by molar-refractivity contribution is -0.155. The molecular weight excluding hydrogens is 302 g/mol. The number of ketones is 1. The molecule has 0 spiro atoms. The third-order valence-electron chi connectivity index (χ3n) is 2.75. The Bertz CT molecular complexity index is 557. The molecule has 1 rings (SSSR count). The van der Waals surface area contributed by atoms with E-state index in [0.717, 1.165) is 4.88 Å². The van der Waals surface area contributed by atoms with Crippen molar-refractivity contribution >= 4 is 29.0 Å². The van der Waals surface area contributed by atoms with Crippen LogP contribution in [0.3, 0.4) is 0 Å². The molecule has 1 amide bonds. The van der Waals surface area contributed by atoms with Crippen LogP contribution in [0.5, 0.6) is 0 Å². The molecule has 22 heavy (non-hydrogen) atoms. The van der Waals surface area contributed by atoms with Gasteiger partial charge in [0.25, 0.3) is 5.91 Å². The van der Waals surface area contributed by atoms with Gasteiger partial charge in [-0.1, -0.05) is 0 Å². The Kier molecular flexibility index (Phi) is 6.29. The van der Waals surface area contributed by atoms with E-state index in [4.69, 9.17) is 4.74 Å². The first kappa shape index (κ1) is 18.4. The molecule has 0 aliphatic heterocycles. The summed E-state index contributed by atoms with van der Waals surface area (Å²) in [5.41, 5.74) is -0.384. The van der Waals surface area contributed by atoms with Gasteiger partial charge in [0.1, 0.15) is 0 Å². The van der Waals surface area contributed by atoms with Crippen molar-refractivity contribution in [2.24, 2.45) is 0 Å². The first-order valence-electron chi connectivity index (χ1n) is 7.19. The van der Waals surface area contributed by atoms with Gasteiger partial charge in [0, 0.05) is 16.8 Å². The van der Waals surface area contributed by atoms with Crippen LogP contribution in [0.25, 0.3) is 0 Å². The van der Waals surface area contributed by atoms with Crippen molar-refractivity contribution in [3.8, 4) is 0 Å². The van der Waals surface area contributed by atoms with Gasteiger partial charge in [-0.25, -0.2) is 0 Å². The highest BCUT2D eigenvalue weighted by Gasteiger charge is 2.22. The zero-order valence-corrected chi connectivity index (χ0v) is 14.5. The van der Waals surface area contributed by atoms with Gasteiger partial charge < -0.3 is 10.1 Å². The molecule has 0 aliphatic rings. The molecule has 122 valence electrons. The molecule has 0 bridgehead atoms. The van der Waals surface area contributed by atoms with Crippen molar-refractivity contribution in [3.63, 3.8) is 0 Å². The number of carbonyl (C=O) groups is 3. The number of esters is 1. The summed E-state index contributed by atoms with van der Waals surface area (Å²) in [7, 11) is 0. The summed E-state index contributed by atoms with van der Waals surface area (Å²) in [4.78, 5) is 37.1. The lowest BCUT2D eigenvalue weighted by Gasteiger charge is -2.23. The lowest BCUT2D eigenvalue weighted by atomic mass is 10.1. The van der Waals surface area contributed by atoms with Crippen LogP contribution in [-0.4, -0.2) is 29.3 Å². The summed E-state index contributed by atoms with van der Waals surface area (Å²) in [5, 5.41) is 2.74. The molecule has 1 atom stereocenters. The molecule has 5 nitrogen and oxygen atoms in total. The fraction of sp³-hybridized carbons (Fsp3) is 0.562. The largest absolute Gasteiger partial charge is 0.453 e. The smallest absolute Gasteiger partial charge is 0.307 e. The molecule has 6 heteroatoms. The predicted octanol–water partition coefficient (Wildman–Crippen LogP) is 2.87. The van der Waals surface area contributed by atoms with E-state index in [-0.39, 0.29) is 30.1 Å². The van der Waals surface area contributed by atoms with Crippen LogP contribution in [0.2, 0.25) is 0 Å². The van der Waals surface area contributed by atoms with Crippen molar-refractivity contribution in [1.82, 2.24) is 5.32 Å². The zero-order chi connectivity index (χ0) is 16.9. The van der Waals surface area contributed by atoms with Crippen molar-refractivity contribution < 1.29 is 19.1 Å². The Morgan fingerprint density at radius 2 is 1.86 bits per heavy atom. The molecule has 1 unspecified atom stereocenters. The second-order valence-electron chi connectivity index (χ2n) is 6.20. The molecule has 1 heterocycles. The van der Waals surface area contributed by atoms with E-state index in [1.54, 1.807) is 6.07 Å². The van der Waals surface area contributed by atoms with Crippen molar-refractivity contribution in [2.75, 3.05) is 0 Å². The van der Waals surface area contributed by atoms with Crippen LogP contribution in [0.1, 0.15) is 55.1 Å². The Hall–Kier alpha value is -1.69. The fourth-order valence-electron chi connectivity index (χ4n) is 1.70. The van der Waals surface area contributed by atoms with Gasteiger partial charge in [0.15, 0.2) is 11.9 Å². The fourth-order valence-corrected chi connectivity index (χ4v) is 2.54. The topological polar surface area (TPSA) is 72.5 Å². The van der Waals surface area contributed by atoms with E-state index >= 15 is 0 Å². The van der Waals surface area contributed by atoms with Gasteiger partial charge in [-0.05, 0) is 46.8 Å². The molecule has 0 saturated carbocycles. The number of rotatable bonds is 6.